The smallest absolute Gasteiger partial charge is 0.257 e. The summed E-state index contributed by atoms with van der Waals surface area (Å²) in [6.45, 7) is 2.49. The summed E-state index contributed by atoms with van der Waals surface area (Å²) in [5.41, 5.74) is 1.70. The van der Waals surface area contributed by atoms with Gasteiger partial charge in [0.05, 0.1) is 7.11 Å². The number of carbonyl (C=O) groups excluding carboxylic acids is 2. The van der Waals surface area contributed by atoms with Gasteiger partial charge in [-0.25, -0.2) is 0 Å². The molecule has 0 heterocycles. The number of amides is 2. The molecule has 144 valence electrons. The molecule has 0 aromatic heterocycles. The van der Waals surface area contributed by atoms with Crippen LogP contribution in [-0.2, 0) is 4.79 Å². The molecule has 2 N–H and O–H groups in total. The number of likely N-dealkylation sites (N-methyl/N-ethyl adjacent to an activating group) is 1. The summed E-state index contributed by atoms with van der Waals surface area (Å²) in [6, 6.07) is 13.2. The molecule has 0 unspecified atom stereocenters. The molecule has 0 saturated carbocycles. The van der Waals surface area contributed by atoms with Crippen LogP contribution in [0.15, 0.2) is 47.4 Å². The van der Waals surface area contributed by atoms with Crippen molar-refractivity contribution in [1.82, 2.24) is 10.6 Å². The van der Waals surface area contributed by atoms with Crippen LogP contribution in [0.5, 0.6) is 11.5 Å². The zero-order chi connectivity index (χ0) is 19.6. The summed E-state index contributed by atoms with van der Waals surface area (Å²) in [7, 11) is 3.02. The van der Waals surface area contributed by atoms with Gasteiger partial charge in [-0.2, -0.15) is 0 Å². The zero-order valence-corrected chi connectivity index (χ0v) is 16.5. The first kappa shape index (κ1) is 20.6. The summed E-state index contributed by atoms with van der Waals surface area (Å²) in [5, 5.41) is 5.37. The van der Waals surface area contributed by atoms with E-state index in [0.717, 1.165) is 5.75 Å². The second-order valence-electron chi connectivity index (χ2n) is 5.74. The van der Waals surface area contributed by atoms with Gasteiger partial charge in [0.2, 0.25) is 0 Å². The van der Waals surface area contributed by atoms with Crippen LogP contribution in [0.1, 0.15) is 15.9 Å². The first-order valence-corrected chi connectivity index (χ1v) is 9.51. The lowest BCUT2D eigenvalue weighted by Gasteiger charge is -2.12. The number of hydrogen-bond donors (Lipinski definition) is 2. The lowest BCUT2D eigenvalue weighted by molar-refractivity contribution is -0.122. The standard InChI is InChI=1S/C20H24N2O4S/c1-14-4-7-16(8-5-14)27-11-10-22-20(24)15-6-9-17(18(12-15)25-3)26-13-19(23)21-2/h4-9,12H,10-11,13H2,1-3H3,(H,21,23)(H,22,24). The highest BCUT2D eigenvalue weighted by Crippen LogP contribution is 2.28. The highest BCUT2D eigenvalue weighted by atomic mass is 32.2. The van der Waals surface area contributed by atoms with Crippen LogP contribution < -0.4 is 20.1 Å². The van der Waals surface area contributed by atoms with Gasteiger partial charge >= 0.3 is 0 Å². The highest BCUT2D eigenvalue weighted by molar-refractivity contribution is 7.99. The lowest BCUT2D eigenvalue weighted by Crippen LogP contribution is -2.26. The van der Waals surface area contributed by atoms with Crippen molar-refractivity contribution in [2.24, 2.45) is 0 Å². The monoisotopic (exact) mass is 388 g/mol. The molecular weight excluding hydrogens is 364 g/mol. The Morgan fingerprint density at radius 2 is 1.81 bits per heavy atom. The Kier molecular flexibility index (Phi) is 8.00. The van der Waals surface area contributed by atoms with Crippen LogP contribution in [0.2, 0.25) is 0 Å². The van der Waals surface area contributed by atoms with Gasteiger partial charge in [0.1, 0.15) is 0 Å². The number of nitrogens with one attached hydrogen (secondary N) is 2. The molecule has 0 bridgehead atoms. The van der Waals surface area contributed by atoms with E-state index in [1.807, 2.05) is 0 Å². The van der Waals surface area contributed by atoms with Crippen LogP contribution in [0.4, 0.5) is 0 Å². The van der Waals surface area contributed by atoms with Crippen molar-refractivity contribution in [2.75, 3.05) is 33.1 Å². The predicted molar refractivity (Wildman–Crippen MR) is 107 cm³/mol. The third-order valence-corrected chi connectivity index (χ3v) is 4.75. The van der Waals surface area contributed by atoms with E-state index in [2.05, 4.69) is 41.8 Å². The van der Waals surface area contributed by atoms with E-state index < -0.39 is 0 Å². The number of carbonyl (C=O) groups is 2. The van der Waals surface area contributed by atoms with Gasteiger partial charge in [-0.3, -0.25) is 9.59 Å². The third kappa shape index (κ3) is 6.53. The van der Waals surface area contributed by atoms with Gasteiger partial charge < -0.3 is 20.1 Å². The minimum Gasteiger partial charge on any atom is -0.493 e. The van der Waals surface area contributed by atoms with E-state index in [9.17, 15) is 9.59 Å². The minimum absolute atomic E-state index is 0.116. The van der Waals surface area contributed by atoms with E-state index in [4.69, 9.17) is 9.47 Å². The Hall–Kier alpha value is -2.67. The number of benzene rings is 2. The zero-order valence-electron chi connectivity index (χ0n) is 15.7. The molecule has 0 aliphatic carbocycles. The average molecular weight is 388 g/mol. The molecule has 2 amide bonds. The van der Waals surface area contributed by atoms with Crippen LogP contribution in [0, 0.1) is 6.92 Å². The Labute approximate surface area is 163 Å². The molecule has 6 nitrogen and oxygen atoms in total. The van der Waals surface area contributed by atoms with Crippen molar-refractivity contribution in [3.63, 3.8) is 0 Å². The fourth-order valence-electron chi connectivity index (χ4n) is 2.21. The number of aryl methyl sites for hydroxylation is 1. The largest absolute Gasteiger partial charge is 0.493 e. The van der Waals surface area contributed by atoms with E-state index in [1.54, 1.807) is 30.0 Å². The summed E-state index contributed by atoms with van der Waals surface area (Å²) in [4.78, 5) is 24.8. The van der Waals surface area contributed by atoms with Gasteiger partial charge in [-0.1, -0.05) is 17.7 Å². The molecule has 2 rings (SSSR count). The van der Waals surface area contributed by atoms with Crippen molar-refractivity contribution < 1.29 is 19.1 Å². The predicted octanol–water partition coefficient (Wildman–Crippen LogP) is 2.65. The van der Waals surface area contributed by atoms with Crippen molar-refractivity contribution in [3.8, 4) is 11.5 Å². The molecule has 0 atom stereocenters. The van der Waals surface area contributed by atoms with E-state index in [1.165, 1.54) is 24.6 Å². The first-order chi connectivity index (χ1) is 13.0. The van der Waals surface area contributed by atoms with Gasteiger partial charge in [0.15, 0.2) is 18.1 Å². The number of rotatable bonds is 9. The number of thioether (sulfide) groups is 1. The summed E-state index contributed by atoms with van der Waals surface area (Å²) in [5.74, 6) is 1.16. The number of ether oxygens (including phenoxy) is 2. The molecule has 0 aliphatic rings. The summed E-state index contributed by atoms with van der Waals surface area (Å²) < 4.78 is 10.7. The van der Waals surface area contributed by atoms with Gasteiger partial charge in [-0.15, -0.1) is 11.8 Å². The third-order valence-electron chi connectivity index (χ3n) is 3.74. The summed E-state index contributed by atoms with van der Waals surface area (Å²) >= 11 is 1.69. The Bertz CT molecular complexity index is 778. The molecule has 2 aromatic carbocycles. The number of hydrogen-bond acceptors (Lipinski definition) is 5. The maximum atomic E-state index is 12.3. The average Bonchev–Trinajstić information content (AvgIpc) is 2.70. The fourth-order valence-corrected chi connectivity index (χ4v) is 2.98. The maximum Gasteiger partial charge on any atom is 0.257 e. The van der Waals surface area contributed by atoms with E-state index in [-0.39, 0.29) is 18.4 Å². The van der Waals surface area contributed by atoms with Crippen molar-refractivity contribution in [1.29, 1.82) is 0 Å². The molecule has 27 heavy (non-hydrogen) atoms. The van der Waals surface area contributed by atoms with Gasteiger partial charge in [0.25, 0.3) is 11.8 Å². The van der Waals surface area contributed by atoms with Crippen LogP contribution in [-0.4, -0.2) is 44.9 Å². The topological polar surface area (TPSA) is 76.7 Å². The van der Waals surface area contributed by atoms with Crippen LogP contribution >= 0.6 is 11.8 Å². The van der Waals surface area contributed by atoms with Crippen molar-refractivity contribution in [3.05, 3.63) is 53.6 Å². The fraction of sp³-hybridized carbons (Fsp3) is 0.300. The van der Waals surface area contributed by atoms with Crippen molar-refractivity contribution in [2.45, 2.75) is 11.8 Å². The Morgan fingerprint density at radius 1 is 1.07 bits per heavy atom. The maximum absolute atomic E-state index is 12.3. The Morgan fingerprint density at radius 3 is 2.48 bits per heavy atom. The van der Waals surface area contributed by atoms with E-state index in [0.29, 0.717) is 23.6 Å². The van der Waals surface area contributed by atoms with E-state index >= 15 is 0 Å². The molecular formula is C20H24N2O4S. The molecule has 7 heteroatoms. The number of methoxy groups -OCH3 is 1. The van der Waals surface area contributed by atoms with Gasteiger partial charge in [0, 0.05) is 29.8 Å². The lowest BCUT2D eigenvalue weighted by atomic mass is 10.2. The second-order valence-corrected chi connectivity index (χ2v) is 6.91. The van der Waals surface area contributed by atoms with Crippen LogP contribution in [0.3, 0.4) is 0 Å². The molecule has 2 aromatic rings. The quantitative estimate of drug-likeness (QED) is 0.510. The first-order valence-electron chi connectivity index (χ1n) is 8.52. The highest BCUT2D eigenvalue weighted by Gasteiger charge is 2.12. The van der Waals surface area contributed by atoms with Crippen molar-refractivity contribution >= 4 is 23.6 Å². The molecule has 0 spiro atoms. The Balaban J connectivity index is 1.86. The van der Waals surface area contributed by atoms with Gasteiger partial charge in [-0.05, 0) is 37.3 Å². The summed E-state index contributed by atoms with van der Waals surface area (Å²) in [6.07, 6.45) is 0. The SMILES string of the molecule is CNC(=O)COc1ccc(C(=O)NCCSc2ccc(C)cc2)cc1OC. The minimum atomic E-state index is -0.245. The molecule has 0 aliphatic heterocycles. The second kappa shape index (κ2) is 10.5. The molecule has 0 saturated heterocycles. The molecule has 0 fully saturated rings. The van der Waals surface area contributed by atoms with Crippen LogP contribution in [0.25, 0.3) is 0 Å². The normalized spacial score (nSPS) is 10.2. The molecule has 0 radical (unpaired) electrons.